The van der Waals surface area contributed by atoms with E-state index in [-0.39, 0.29) is 10.8 Å². The zero-order valence-electron chi connectivity index (χ0n) is 19.2. The Balaban J connectivity index is 1.53. The number of nitrogens with two attached hydrogens (primary N) is 1. The molecule has 36 heavy (non-hydrogen) atoms. The molecule has 0 atom stereocenters. The SMILES string of the molecule is COc1ccc2cc(C=C3S/C(=N\c4ccc(S(N)(=O)=O)cc4)N(c4ccccc4)C3=O)ccc2c1. The van der Waals surface area contributed by atoms with Crippen LogP contribution >= 0.6 is 11.8 Å². The number of amidine groups is 1. The first-order valence-corrected chi connectivity index (χ1v) is 13.3. The van der Waals surface area contributed by atoms with Crippen molar-refractivity contribution in [3.63, 3.8) is 0 Å². The third-order valence-corrected chi connectivity index (χ3v) is 7.48. The number of aliphatic imine (C=N–C) groups is 1. The average molecular weight is 516 g/mol. The van der Waals surface area contributed by atoms with Gasteiger partial charge in [-0.3, -0.25) is 9.69 Å². The fraction of sp³-hybridized carbons (Fsp3) is 0.0370. The molecule has 1 saturated heterocycles. The van der Waals surface area contributed by atoms with E-state index >= 15 is 0 Å². The van der Waals surface area contributed by atoms with Crippen molar-refractivity contribution in [1.82, 2.24) is 0 Å². The first kappa shape index (κ1) is 23.8. The topological polar surface area (TPSA) is 102 Å². The number of thioether (sulfide) groups is 1. The van der Waals surface area contributed by atoms with Crippen molar-refractivity contribution < 1.29 is 17.9 Å². The van der Waals surface area contributed by atoms with Crippen molar-refractivity contribution in [2.45, 2.75) is 4.90 Å². The van der Waals surface area contributed by atoms with Gasteiger partial charge in [0.15, 0.2) is 5.17 Å². The van der Waals surface area contributed by atoms with Crippen molar-refractivity contribution in [2.24, 2.45) is 10.1 Å². The van der Waals surface area contributed by atoms with Gasteiger partial charge in [-0.25, -0.2) is 18.5 Å². The Morgan fingerprint density at radius 3 is 2.31 bits per heavy atom. The van der Waals surface area contributed by atoms with Crippen LogP contribution in [0, 0.1) is 0 Å². The second-order valence-corrected chi connectivity index (χ2v) is 10.6. The van der Waals surface area contributed by atoms with Gasteiger partial charge in [0.25, 0.3) is 5.91 Å². The van der Waals surface area contributed by atoms with E-state index in [0.717, 1.165) is 22.1 Å². The molecule has 180 valence electrons. The smallest absolute Gasteiger partial charge is 0.271 e. The number of sulfonamides is 1. The van der Waals surface area contributed by atoms with E-state index in [0.29, 0.717) is 21.4 Å². The number of fused-ring (bicyclic) bond motifs is 1. The Morgan fingerprint density at radius 2 is 1.61 bits per heavy atom. The average Bonchev–Trinajstić information content (AvgIpc) is 3.18. The summed E-state index contributed by atoms with van der Waals surface area (Å²) in [4.78, 5) is 20.2. The lowest BCUT2D eigenvalue weighted by Crippen LogP contribution is -2.28. The van der Waals surface area contributed by atoms with Gasteiger partial charge < -0.3 is 4.74 Å². The highest BCUT2D eigenvalue weighted by Gasteiger charge is 2.34. The van der Waals surface area contributed by atoms with E-state index in [2.05, 4.69) is 4.99 Å². The molecule has 1 amide bonds. The van der Waals surface area contributed by atoms with E-state index in [9.17, 15) is 13.2 Å². The maximum absolute atomic E-state index is 13.5. The molecular formula is C27H21N3O4S2. The van der Waals surface area contributed by atoms with Crippen molar-refractivity contribution in [3.05, 3.63) is 101 Å². The minimum atomic E-state index is -3.81. The van der Waals surface area contributed by atoms with Crippen LogP contribution in [0.25, 0.3) is 16.8 Å². The Morgan fingerprint density at radius 1 is 0.917 bits per heavy atom. The number of carbonyl (C=O) groups excluding carboxylic acids is 1. The summed E-state index contributed by atoms with van der Waals surface area (Å²) in [6.45, 7) is 0. The van der Waals surface area contributed by atoms with E-state index in [4.69, 9.17) is 9.88 Å². The number of hydrogen-bond acceptors (Lipinski definition) is 6. The molecule has 4 aromatic rings. The third kappa shape index (κ3) is 4.90. The number of primary sulfonamides is 1. The highest BCUT2D eigenvalue weighted by molar-refractivity contribution is 8.19. The Labute approximate surface area is 213 Å². The standard InChI is InChI=1S/C27H21N3O4S2/c1-34-23-12-9-19-15-18(7-8-20(19)17-23)16-25-26(31)30(22-5-3-2-4-6-22)27(35-25)29-21-10-13-24(14-11-21)36(28,32)33/h2-17H,1H3,(H2,28,32,33)/b25-16?,29-27-. The summed E-state index contributed by atoms with van der Waals surface area (Å²) >= 11 is 1.26. The van der Waals surface area contributed by atoms with E-state index in [1.54, 1.807) is 24.1 Å². The minimum Gasteiger partial charge on any atom is -0.497 e. The molecule has 2 N–H and O–H groups in total. The summed E-state index contributed by atoms with van der Waals surface area (Å²) in [6, 6.07) is 27.0. The summed E-state index contributed by atoms with van der Waals surface area (Å²) < 4.78 is 28.4. The molecule has 1 aliphatic rings. The van der Waals surface area contributed by atoms with Crippen LogP contribution < -0.4 is 14.8 Å². The Bertz CT molecular complexity index is 1630. The third-order valence-electron chi connectivity index (χ3n) is 5.58. The van der Waals surface area contributed by atoms with Gasteiger partial charge in [-0.1, -0.05) is 36.4 Å². The van der Waals surface area contributed by atoms with E-state index in [1.165, 1.54) is 23.9 Å². The van der Waals surface area contributed by atoms with Gasteiger partial charge in [-0.2, -0.15) is 0 Å². The largest absolute Gasteiger partial charge is 0.497 e. The van der Waals surface area contributed by atoms with E-state index < -0.39 is 10.0 Å². The molecule has 0 unspecified atom stereocenters. The molecule has 0 aliphatic carbocycles. The van der Waals surface area contributed by atoms with Crippen LogP contribution in [-0.4, -0.2) is 26.6 Å². The molecule has 1 heterocycles. The van der Waals surface area contributed by atoms with Crippen LogP contribution in [-0.2, 0) is 14.8 Å². The quantitative estimate of drug-likeness (QED) is 0.363. The number of carbonyl (C=O) groups is 1. The maximum atomic E-state index is 13.5. The second kappa shape index (κ2) is 9.62. The normalized spacial score (nSPS) is 16.3. The minimum absolute atomic E-state index is 0.00368. The molecule has 7 nitrogen and oxygen atoms in total. The number of nitrogens with zero attached hydrogens (tertiary/aromatic N) is 2. The lowest BCUT2D eigenvalue weighted by atomic mass is 10.1. The number of methoxy groups -OCH3 is 1. The molecular weight excluding hydrogens is 494 g/mol. The lowest BCUT2D eigenvalue weighted by Gasteiger charge is -2.15. The second-order valence-electron chi connectivity index (χ2n) is 7.99. The van der Waals surface area contributed by atoms with Crippen LogP contribution in [0.4, 0.5) is 11.4 Å². The Hall–Kier alpha value is -3.92. The number of anilines is 1. The molecule has 4 aromatic carbocycles. The fourth-order valence-corrected chi connectivity index (χ4v) is 5.30. The summed E-state index contributed by atoms with van der Waals surface area (Å²) in [6.07, 6.45) is 1.85. The van der Waals surface area contributed by atoms with Crippen LogP contribution in [0.3, 0.4) is 0 Å². The molecule has 1 aliphatic heterocycles. The number of para-hydroxylation sites is 1. The number of benzene rings is 4. The van der Waals surface area contributed by atoms with Gasteiger partial charge in [0, 0.05) is 0 Å². The van der Waals surface area contributed by atoms with Gasteiger partial charge in [-0.05, 0) is 88.8 Å². The van der Waals surface area contributed by atoms with Crippen LogP contribution in [0.2, 0.25) is 0 Å². The molecule has 0 saturated carbocycles. The van der Waals surface area contributed by atoms with Crippen LogP contribution in [0.1, 0.15) is 5.56 Å². The zero-order valence-corrected chi connectivity index (χ0v) is 20.8. The molecule has 0 aromatic heterocycles. The predicted octanol–water partition coefficient (Wildman–Crippen LogP) is 5.30. The number of rotatable bonds is 5. The first-order chi connectivity index (χ1) is 17.3. The van der Waals surface area contributed by atoms with Crippen molar-refractivity contribution in [1.29, 1.82) is 0 Å². The zero-order chi connectivity index (χ0) is 25.3. The summed E-state index contributed by atoms with van der Waals surface area (Å²) in [5, 5.41) is 7.73. The first-order valence-electron chi connectivity index (χ1n) is 10.9. The van der Waals surface area contributed by atoms with Crippen molar-refractivity contribution in [3.8, 4) is 5.75 Å². The van der Waals surface area contributed by atoms with Gasteiger partial charge in [0.05, 0.1) is 28.3 Å². The molecule has 0 radical (unpaired) electrons. The predicted molar refractivity (Wildman–Crippen MR) is 145 cm³/mol. The molecule has 0 bridgehead atoms. The van der Waals surface area contributed by atoms with Gasteiger partial charge in [-0.15, -0.1) is 0 Å². The molecule has 0 spiro atoms. The van der Waals surface area contributed by atoms with Crippen molar-refractivity contribution >= 4 is 61.1 Å². The summed E-state index contributed by atoms with van der Waals surface area (Å²) in [5.74, 6) is 0.590. The number of ether oxygens (including phenoxy) is 1. The van der Waals surface area contributed by atoms with Gasteiger partial charge >= 0.3 is 0 Å². The van der Waals surface area contributed by atoms with Crippen LogP contribution in [0.5, 0.6) is 5.75 Å². The maximum Gasteiger partial charge on any atom is 0.271 e. The summed E-state index contributed by atoms with van der Waals surface area (Å²) in [5.41, 5.74) is 2.07. The highest BCUT2D eigenvalue weighted by Crippen LogP contribution is 2.37. The lowest BCUT2D eigenvalue weighted by molar-refractivity contribution is -0.113. The highest BCUT2D eigenvalue weighted by atomic mass is 32.2. The van der Waals surface area contributed by atoms with Gasteiger partial charge in [0.1, 0.15) is 5.75 Å². The fourth-order valence-electron chi connectivity index (χ4n) is 3.78. The number of amides is 1. The van der Waals surface area contributed by atoms with Gasteiger partial charge in [0.2, 0.25) is 10.0 Å². The molecule has 1 fully saturated rings. The van der Waals surface area contributed by atoms with Crippen molar-refractivity contribution in [2.75, 3.05) is 12.0 Å². The molecule has 5 rings (SSSR count). The summed E-state index contributed by atoms with van der Waals surface area (Å²) in [7, 11) is -2.17. The van der Waals surface area contributed by atoms with Crippen LogP contribution in [0.15, 0.2) is 106 Å². The monoisotopic (exact) mass is 515 g/mol. The molecule has 9 heteroatoms. The Kier molecular flexibility index (Phi) is 6.36. The number of hydrogen-bond donors (Lipinski definition) is 1. The van der Waals surface area contributed by atoms with E-state index in [1.807, 2.05) is 72.8 Å².